The van der Waals surface area contributed by atoms with Gasteiger partial charge in [-0.2, -0.15) is 4.31 Å². The van der Waals surface area contributed by atoms with Gasteiger partial charge in [0.1, 0.15) is 0 Å². The third-order valence-corrected chi connectivity index (χ3v) is 5.86. The van der Waals surface area contributed by atoms with E-state index >= 15 is 0 Å². The molecule has 0 aliphatic carbocycles. The molecule has 0 bridgehead atoms. The van der Waals surface area contributed by atoms with Crippen molar-refractivity contribution in [2.45, 2.75) is 18.7 Å². The van der Waals surface area contributed by atoms with Crippen LogP contribution in [0.3, 0.4) is 0 Å². The number of carbonyl (C=O) groups is 1. The van der Waals surface area contributed by atoms with Crippen molar-refractivity contribution in [2.24, 2.45) is 5.73 Å². The van der Waals surface area contributed by atoms with Crippen molar-refractivity contribution in [3.05, 3.63) is 29.3 Å². The number of quaternary nitrogens is 1. The summed E-state index contributed by atoms with van der Waals surface area (Å²) in [7, 11) is -3.46. The van der Waals surface area contributed by atoms with Gasteiger partial charge in [-0.25, -0.2) is 8.42 Å². The minimum atomic E-state index is -3.46. The smallest absolute Gasteiger partial charge is 0.272 e. The third-order valence-electron chi connectivity index (χ3n) is 3.82. The summed E-state index contributed by atoms with van der Waals surface area (Å²) in [6.07, 6.45) is 0. The van der Waals surface area contributed by atoms with Crippen LogP contribution in [0.1, 0.15) is 11.1 Å². The van der Waals surface area contributed by atoms with E-state index < -0.39 is 10.0 Å². The number of nitrogens with one attached hydrogen (secondary N) is 1. The van der Waals surface area contributed by atoms with Gasteiger partial charge in [-0.15, -0.1) is 0 Å². The quantitative estimate of drug-likeness (QED) is 0.723. The highest BCUT2D eigenvalue weighted by Gasteiger charge is 2.31. The summed E-state index contributed by atoms with van der Waals surface area (Å²) in [5.41, 5.74) is 6.86. The predicted molar refractivity (Wildman–Crippen MR) is 79.4 cm³/mol. The molecule has 21 heavy (non-hydrogen) atoms. The van der Waals surface area contributed by atoms with E-state index in [0.717, 1.165) is 16.0 Å². The number of piperazine rings is 1. The number of hydrogen-bond donors (Lipinski definition) is 2. The molecule has 1 aliphatic heterocycles. The van der Waals surface area contributed by atoms with Gasteiger partial charge in [-0.3, -0.25) is 4.79 Å². The van der Waals surface area contributed by atoms with Crippen LogP contribution >= 0.6 is 0 Å². The Morgan fingerprint density at radius 2 is 1.90 bits per heavy atom. The van der Waals surface area contributed by atoms with E-state index in [1.54, 1.807) is 13.0 Å². The van der Waals surface area contributed by atoms with Crippen molar-refractivity contribution < 1.29 is 18.1 Å². The fourth-order valence-electron chi connectivity index (χ4n) is 2.59. The highest BCUT2D eigenvalue weighted by atomic mass is 32.2. The molecule has 116 valence electrons. The Kier molecular flexibility index (Phi) is 4.65. The molecule has 1 saturated heterocycles. The summed E-state index contributed by atoms with van der Waals surface area (Å²) >= 11 is 0. The zero-order valence-electron chi connectivity index (χ0n) is 12.4. The van der Waals surface area contributed by atoms with Gasteiger partial charge in [0, 0.05) is 0 Å². The predicted octanol–water partition coefficient (Wildman–Crippen LogP) is -1.32. The molecular formula is C14H22N3O3S+. The molecule has 6 nitrogen and oxygen atoms in total. The van der Waals surface area contributed by atoms with Crippen LogP contribution in [0.25, 0.3) is 0 Å². The van der Waals surface area contributed by atoms with Gasteiger partial charge in [0.05, 0.1) is 31.1 Å². The second-order valence-electron chi connectivity index (χ2n) is 5.57. The monoisotopic (exact) mass is 312 g/mol. The lowest BCUT2D eigenvalue weighted by Gasteiger charge is -2.31. The van der Waals surface area contributed by atoms with E-state index in [1.807, 2.05) is 19.1 Å². The lowest BCUT2D eigenvalue weighted by atomic mass is 10.2. The Morgan fingerprint density at radius 1 is 1.29 bits per heavy atom. The number of rotatable bonds is 4. The first kappa shape index (κ1) is 15.9. The molecule has 7 heteroatoms. The summed E-state index contributed by atoms with van der Waals surface area (Å²) in [5, 5.41) is 0. The molecule has 1 heterocycles. The third kappa shape index (κ3) is 3.61. The van der Waals surface area contributed by atoms with Crippen molar-refractivity contribution in [1.82, 2.24) is 4.31 Å². The summed E-state index contributed by atoms with van der Waals surface area (Å²) in [4.78, 5) is 12.3. The second kappa shape index (κ2) is 6.13. The molecule has 0 radical (unpaired) electrons. The van der Waals surface area contributed by atoms with Crippen LogP contribution in [0.4, 0.5) is 0 Å². The van der Waals surface area contributed by atoms with Gasteiger partial charge in [0.25, 0.3) is 5.91 Å². The Morgan fingerprint density at radius 3 is 2.48 bits per heavy atom. The van der Waals surface area contributed by atoms with Crippen molar-refractivity contribution in [1.29, 1.82) is 0 Å². The maximum Gasteiger partial charge on any atom is 0.272 e. The van der Waals surface area contributed by atoms with Crippen molar-refractivity contribution in [2.75, 3.05) is 32.7 Å². The maximum atomic E-state index is 12.7. The summed E-state index contributed by atoms with van der Waals surface area (Å²) in [5.74, 6) is -0.351. The largest absolute Gasteiger partial charge is 0.365 e. The SMILES string of the molecule is Cc1ccc(C)c(S(=O)(=O)N2CC[NH+](CC(N)=O)CC2)c1. The molecule has 0 saturated carbocycles. The van der Waals surface area contributed by atoms with E-state index in [1.165, 1.54) is 4.31 Å². The van der Waals surface area contributed by atoms with Gasteiger partial charge < -0.3 is 10.6 Å². The van der Waals surface area contributed by atoms with Crippen molar-refractivity contribution >= 4 is 15.9 Å². The van der Waals surface area contributed by atoms with Crippen LogP contribution in [0.2, 0.25) is 0 Å². The molecule has 3 N–H and O–H groups in total. The molecule has 1 fully saturated rings. The zero-order chi connectivity index (χ0) is 15.6. The van der Waals surface area contributed by atoms with Crippen LogP contribution in [-0.4, -0.2) is 51.4 Å². The first-order valence-corrected chi connectivity index (χ1v) is 8.44. The molecule has 1 aromatic rings. The highest BCUT2D eigenvalue weighted by Crippen LogP contribution is 2.21. The van der Waals surface area contributed by atoms with Crippen molar-refractivity contribution in [3.8, 4) is 0 Å². The maximum absolute atomic E-state index is 12.7. The first-order valence-electron chi connectivity index (χ1n) is 7.00. The van der Waals surface area contributed by atoms with Crippen LogP contribution in [-0.2, 0) is 14.8 Å². The summed E-state index contributed by atoms with van der Waals surface area (Å²) in [6.45, 7) is 5.99. The normalized spacial score (nSPS) is 17.8. The number of carbonyl (C=O) groups excluding carboxylic acids is 1. The second-order valence-corrected chi connectivity index (χ2v) is 7.47. The summed E-state index contributed by atoms with van der Waals surface area (Å²) < 4.78 is 26.9. The van der Waals surface area contributed by atoms with E-state index in [2.05, 4.69) is 0 Å². The minimum Gasteiger partial charge on any atom is -0.365 e. The van der Waals surface area contributed by atoms with Crippen LogP contribution in [0.15, 0.2) is 23.1 Å². The number of sulfonamides is 1. The minimum absolute atomic E-state index is 0.261. The van der Waals surface area contributed by atoms with Crippen molar-refractivity contribution in [3.63, 3.8) is 0 Å². The number of hydrogen-bond acceptors (Lipinski definition) is 3. The first-order chi connectivity index (χ1) is 9.80. The molecule has 0 unspecified atom stereocenters. The fourth-order valence-corrected chi connectivity index (χ4v) is 4.34. The van der Waals surface area contributed by atoms with Gasteiger partial charge in [0.2, 0.25) is 10.0 Å². The van der Waals surface area contributed by atoms with E-state index in [-0.39, 0.29) is 12.5 Å². The van der Waals surface area contributed by atoms with Crippen LogP contribution in [0, 0.1) is 13.8 Å². The molecular weight excluding hydrogens is 290 g/mol. The van der Waals surface area contributed by atoms with E-state index in [4.69, 9.17) is 5.73 Å². The number of nitrogens with zero attached hydrogens (tertiary/aromatic N) is 1. The molecule has 0 aromatic heterocycles. The standard InChI is InChI=1S/C14H21N3O3S/c1-11-3-4-12(2)13(9-11)21(19,20)17-7-5-16(6-8-17)10-14(15)18/h3-4,9H,5-8,10H2,1-2H3,(H2,15,18)/p+1. The Bertz CT molecular complexity index is 635. The fraction of sp³-hybridized carbons (Fsp3) is 0.500. The number of amides is 1. The number of nitrogens with two attached hydrogens (primary N) is 1. The van der Waals surface area contributed by atoms with Gasteiger partial charge in [0.15, 0.2) is 6.54 Å². The molecule has 0 spiro atoms. The molecule has 0 atom stereocenters. The average Bonchev–Trinajstić information content (AvgIpc) is 2.41. The number of aryl methyl sites for hydroxylation is 2. The Balaban J connectivity index is 2.15. The van der Waals surface area contributed by atoms with E-state index in [0.29, 0.717) is 31.1 Å². The average molecular weight is 312 g/mol. The van der Waals surface area contributed by atoms with Gasteiger partial charge >= 0.3 is 0 Å². The Hall–Kier alpha value is -1.44. The molecule has 1 aliphatic rings. The van der Waals surface area contributed by atoms with Crippen LogP contribution in [0.5, 0.6) is 0 Å². The van der Waals surface area contributed by atoms with Crippen LogP contribution < -0.4 is 10.6 Å². The highest BCUT2D eigenvalue weighted by molar-refractivity contribution is 7.89. The van der Waals surface area contributed by atoms with E-state index in [9.17, 15) is 13.2 Å². The van der Waals surface area contributed by atoms with Gasteiger partial charge in [-0.1, -0.05) is 12.1 Å². The number of benzene rings is 1. The topological polar surface area (TPSA) is 84.9 Å². The molecule has 1 aromatic carbocycles. The lowest BCUT2D eigenvalue weighted by Crippen LogP contribution is -3.15. The summed E-state index contributed by atoms with van der Waals surface area (Å²) in [6, 6.07) is 5.45. The zero-order valence-corrected chi connectivity index (χ0v) is 13.2. The van der Waals surface area contributed by atoms with Gasteiger partial charge in [-0.05, 0) is 31.0 Å². The molecule has 2 rings (SSSR count). The number of primary amides is 1. The molecule has 1 amide bonds. The Labute approximate surface area is 125 Å². The lowest BCUT2D eigenvalue weighted by molar-refractivity contribution is -0.895.